The molecule has 23 heavy (non-hydrogen) atoms. The third-order valence-corrected chi connectivity index (χ3v) is 2.24. The molecule has 0 atom stereocenters. The summed E-state index contributed by atoms with van der Waals surface area (Å²) in [5.41, 5.74) is 0. The van der Waals surface area contributed by atoms with Crippen LogP contribution in [0.2, 0.25) is 0 Å². The molecular formula is C15H13F6FeP. The Bertz CT molecular complexity index is 590. The molecule has 0 heterocycles. The van der Waals surface area contributed by atoms with Gasteiger partial charge in [-0.25, -0.2) is 12.2 Å². The SMILES string of the molecule is F[P-](F)(F)(F)(F)F.[C-]1=CC=CC1.[Fe+2].c1ccc2ccccc2c1. The van der Waals surface area contributed by atoms with Crippen molar-refractivity contribution in [2.45, 2.75) is 6.42 Å². The van der Waals surface area contributed by atoms with Crippen LogP contribution in [0.5, 0.6) is 0 Å². The quantitative estimate of drug-likeness (QED) is 0.188. The van der Waals surface area contributed by atoms with Crippen LogP contribution < -0.4 is 0 Å². The Morgan fingerprint density at radius 1 is 0.739 bits per heavy atom. The number of allylic oxidation sites excluding steroid dienone is 4. The average Bonchev–Trinajstić information content (AvgIpc) is 2.94. The zero-order valence-corrected chi connectivity index (χ0v) is 13.6. The Hall–Kier alpha value is -1.29. The molecule has 0 bridgehead atoms. The number of fused-ring (bicyclic) bond motifs is 1. The van der Waals surface area contributed by atoms with E-state index in [9.17, 15) is 25.2 Å². The van der Waals surface area contributed by atoms with E-state index < -0.39 is 7.81 Å². The van der Waals surface area contributed by atoms with Gasteiger partial charge in [0.1, 0.15) is 0 Å². The molecule has 0 saturated carbocycles. The first kappa shape index (κ1) is 21.7. The molecule has 0 amide bonds. The molecule has 0 nitrogen and oxygen atoms in total. The number of rotatable bonds is 0. The summed E-state index contributed by atoms with van der Waals surface area (Å²) in [7, 11) is -10.7. The van der Waals surface area contributed by atoms with Gasteiger partial charge in [-0.05, 0) is 10.8 Å². The van der Waals surface area contributed by atoms with Crippen LogP contribution in [-0.4, -0.2) is 0 Å². The Balaban J connectivity index is 0.000000330. The Labute approximate surface area is 140 Å². The van der Waals surface area contributed by atoms with E-state index in [2.05, 4.69) is 60.7 Å². The second-order valence-electron chi connectivity index (χ2n) is 4.31. The van der Waals surface area contributed by atoms with Crippen LogP contribution in [0.3, 0.4) is 0 Å². The van der Waals surface area contributed by atoms with Crippen LogP contribution >= 0.6 is 7.81 Å². The van der Waals surface area contributed by atoms with Crippen molar-refractivity contribution in [3.05, 3.63) is 72.8 Å². The number of halogens is 6. The van der Waals surface area contributed by atoms with Crippen molar-refractivity contribution in [1.82, 2.24) is 0 Å². The average molecular weight is 394 g/mol. The molecule has 0 aliphatic heterocycles. The van der Waals surface area contributed by atoms with E-state index in [0.29, 0.717) is 0 Å². The van der Waals surface area contributed by atoms with Crippen LogP contribution in [0.15, 0.2) is 66.8 Å². The summed E-state index contributed by atoms with van der Waals surface area (Å²) in [6.07, 6.45) is 10.0. The molecule has 8 heteroatoms. The van der Waals surface area contributed by atoms with Crippen LogP contribution in [0.1, 0.15) is 6.42 Å². The summed E-state index contributed by atoms with van der Waals surface area (Å²) in [4.78, 5) is 0. The first-order valence-corrected chi connectivity index (χ1v) is 8.16. The Kier molecular flexibility index (Phi) is 7.10. The molecule has 0 unspecified atom stereocenters. The summed E-state index contributed by atoms with van der Waals surface area (Å²) in [5, 5.41) is 2.62. The van der Waals surface area contributed by atoms with Gasteiger partial charge in [0.05, 0.1) is 0 Å². The van der Waals surface area contributed by atoms with Gasteiger partial charge in [-0.1, -0.05) is 48.5 Å². The smallest absolute Gasteiger partial charge is 0.273 e. The number of hydrogen-bond acceptors (Lipinski definition) is 0. The van der Waals surface area contributed by atoms with E-state index in [1.165, 1.54) is 10.8 Å². The fourth-order valence-corrected chi connectivity index (χ4v) is 1.47. The van der Waals surface area contributed by atoms with E-state index in [0.717, 1.165) is 6.42 Å². The largest absolute Gasteiger partial charge is 2.00 e. The normalized spacial score (nSPS) is 15.2. The van der Waals surface area contributed by atoms with E-state index in [4.69, 9.17) is 0 Å². The third-order valence-electron chi connectivity index (χ3n) is 2.24. The molecule has 3 rings (SSSR count). The molecule has 0 aromatic heterocycles. The van der Waals surface area contributed by atoms with Gasteiger partial charge in [-0.2, -0.15) is 6.08 Å². The molecule has 0 radical (unpaired) electrons. The van der Waals surface area contributed by atoms with Crippen LogP contribution in [0.4, 0.5) is 25.2 Å². The molecule has 0 spiro atoms. The van der Waals surface area contributed by atoms with Gasteiger partial charge in [0, 0.05) is 0 Å². The van der Waals surface area contributed by atoms with Crippen molar-refractivity contribution in [1.29, 1.82) is 0 Å². The number of hydrogen-bond donors (Lipinski definition) is 0. The van der Waals surface area contributed by atoms with Crippen molar-refractivity contribution < 1.29 is 42.3 Å². The van der Waals surface area contributed by atoms with Gasteiger partial charge in [0.2, 0.25) is 0 Å². The maximum Gasteiger partial charge on any atom is 2.00 e. The fourth-order valence-electron chi connectivity index (χ4n) is 1.47. The molecule has 1 aliphatic carbocycles. The summed E-state index contributed by atoms with van der Waals surface area (Å²) >= 11 is 0. The predicted molar refractivity (Wildman–Crippen MR) is 79.1 cm³/mol. The van der Waals surface area contributed by atoms with Gasteiger partial charge >= 0.3 is 50.1 Å². The van der Waals surface area contributed by atoms with Crippen molar-refractivity contribution in [2.75, 3.05) is 0 Å². The maximum atomic E-state index is 9.87. The van der Waals surface area contributed by atoms with Crippen molar-refractivity contribution in [2.24, 2.45) is 0 Å². The molecule has 0 fully saturated rings. The summed E-state index contributed by atoms with van der Waals surface area (Å²) in [6.45, 7) is 0. The van der Waals surface area contributed by atoms with Crippen molar-refractivity contribution in [3.63, 3.8) is 0 Å². The van der Waals surface area contributed by atoms with Gasteiger partial charge in [-0.15, -0.1) is 6.42 Å². The van der Waals surface area contributed by atoms with Crippen LogP contribution in [-0.2, 0) is 17.1 Å². The second-order valence-corrected chi connectivity index (χ2v) is 6.23. The Morgan fingerprint density at radius 3 is 1.26 bits per heavy atom. The van der Waals surface area contributed by atoms with Gasteiger partial charge < -0.3 is 0 Å². The first-order valence-electron chi connectivity index (χ1n) is 6.14. The van der Waals surface area contributed by atoms with Gasteiger partial charge in [0.25, 0.3) is 0 Å². The zero-order valence-electron chi connectivity index (χ0n) is 11.6. The van der Waals surface area contributed by atoms with Gasteiger partial charge in [-0.3, -0.25) is 6.08 Å². The molecule has 1 aliphatic rings. The number of benzene rings is 2. The van der Waals surface area contributed by atoms with Gasteiger partial charge in [0.15, 0.2) is 0 Å². The van der Waals surface area contributed by atoms with Crippen molar-refractivity contribution in [3.8, 4) is 0 Å². The summed E-state index contributed by atoms with van der Waals surface area (Å²) in [5.74, 6) is 0. The third kappa shape index (κ3) is 15.4. The summed E-state index contributed by atoms with van der Waals surface area (Å²) < 4.78 is 59.2. The molecule has 2 aromatic rings. The first-order chi connectivity index (χ1) is 9.92. The minimum Gasteiger partial charge on any atom is -0.273 e. The monoisotopic (exact) mass is 394 g/mol. The van der Waals surface area contributed by atoms with Crippen LogP contribution in [0.25, 0.3) is 10.8 Å². The maximum absolute atomic E-state index is 10.7. The Morgan fingerprint density at radius 2 is 1.09 bits per heavy atom. The van der Waals surface area contributed by atoms with E-state index >= 15 is 0 Å². The second kappa shape index (κ2) is 7.52. The molecule has 0 N–H and O–H groups in total. The minimum atomic E-state index is -10.7. The summed E-state index contributed by atoms with van der Waals surface area (Å²) in [6, 6.07) is 16.7. The van der Waals surface area contributed by atoms with E-state index in [1.54, 1.807) is 0 Å². The molecular weight excluding hydrogens is 381 g/mol. The zero-order chi connectivity index (χ0) is 16.8. The van der Waals surface area contributed by atoms with E-state index in [-0.39, 0.29) is 17.1 Å². The molecule has 2 aromatic carbocycles. The van der Waals surface area contributed by atoms with Crippen molar-refractivity contribution >= 4 is 18.6 Å². The topological polar surface area (TPSA) is 0 Å². The molecule has 128 valence electrons. The molecule has 0 saturated heterocycles. The fraction of sp³-hybridized carbons (Fsp3) is 0.0667. The predicted octanol–water partition coefficient (Wildman–Crippen LogP) is 7.53. The standard InChI is InChI=1S/C10H8.C5H5.F6P.Fe/c1-2-6-10-8-4-3-7-9(10)5-1;1-2-4-5-3-1;1-7(2,3,4,5)6;/h1-8H;1-3H,4H2;;/q;2*-1;+2. The minimum absolute atomic E-state index is 0. The van der Waals surface area contributed by atoms with Crippen LogP contribution in [0, 0.1) is 6.08 Å². The van der Waals surface area contributed by atoms with E-state index in [1.807, 2.05) is 12.2 Å².